The molecule has 9 heteroatoms. The van der Waals surface area contributed by atoms with E-state index in [4.69, 9.17) is 16.3 Å². The summed E-state index contributed by atoms with van der Waals surface area (Å²) >= 11 is 5.86. The first-order valence-electron chi connectivity index (χ1n) is 8.18. The van der Waals surface area contributed by atoms with Gasteiger partial charge in [-0.3, -0.25) is 4.79 Å². The smallest absolute Gasteiger partial charge is 0.319 e. The molecular formula is C19H14ClN3O4S. The number of ether oxygens (including phenoxy) is 1. The van der Waals surface area contributed by atoms with Crippen LogP contribution < -0.4 is 4.74 Å². The molecule has 3 aromatic rings. The lowest BCUT2D eigenvalue weighted by Gasteiger charge is -2.06. The minimum atomic E-state index is -2.79. The molecule has 0 aliphatic carbocycles. The van der Waals surface area contributed by atoms with Crippen molar-refractivity contribution < 1.29 is 17.9 Å². The minimum absolute atomic E-state index is 0.145. The molecule has 28 heavy (non-hydrogen) atoms. The number of carbonyl (C=O) groups excluding carboxylic acids is 1. The second-order valence-electron chi connectivity index (χ2n) is 5.68. The lowest BCUT2D eigenvalue weighted by atomic mass is 10.1. The molecule has 0 saturated carbocycles. The van der Waals surface area contributed by atoms with Crippen molar-refractivity contribution >= 4 is 28.0 Å². The molecule has 0 bridgehead atoms. The predicted octanol–water partition coefficient (Wildman–Crippen LogP) is 3.62. The van der Waals surface area contributed by atoms with Gasteiger partial charge in [-0.1, -0.05) is 40.2 Å². The van der Waals surface area contributed by atoms with Gasteiger partial charge in [0, 0.05) is 28.6 Å². The number of benzene rings is 2. The van der Waals surface area contributed by atoms with Crippen LogP contribution >= 0.6 is 11.6 Å². The Bertz CT molecular complexity index is 1110. The van der Waals surface area contributed by atoms with Crippen molar-refractivity contribution in [2.24, 2.45) is 4.36 Å². The van der Waals surface area contributed by atoms with Crippen LogP contribution in [0.15, 0.2) is 65.0 Å². The third kappa shape index (κ3) is 5.45. The summed E-state index contributed by atoms with van der Waals surface area (Å²) < 4.78 is 29.6. The molecule has 2 aromatic carbocycles. The van der Waals surface area contributed by atoms with Crippen LogP contribution in [0.3, 0.4) is 0 Å². The quantitative estimate of drug-likeness (QED) is 0.609. The summed E-state index contributed by atoms with van der Waals surface area (Å²) in [6, 6.07) is 17.2. The highest BCUT2D eigenvalue weighted by atomic mass is 35.5. The van der Waals surface area contributed by atoms with E-state index < -0.39 is 16.4 Å². The number of carbonyl (C=O) groups is 1. The van der Waals surface area contributed by atoms with Crippen LogP contribution in [0.2, 0.25) is 5.02 Å². The average molecular weight is 416 g/mol. The Balaban J connectivity index is 1.64. The fourth-order valence-electron chi connectivity index (χ4n) is 2.41. The van der Waals surface area contributed by atoms with Gasteiger partial charge in [0.05, 0.1) is 12.3 Å². The Morgan fingerprint density at radius 1 is 1.04 bits per heavy atom. The van der Waals surface area contributed by atoms with Crippen LogP contribution in [-0.4, -0.2) is 31.1 Å². The summed E-state index contributed by atoms with van der Waals surface area (Å²) in [5.41, 5.74) is 2.37. The maximum Gasteiger partial charge on any atom is 0.319 e. The van der Waals surface area contributed by atoms with Crippen LogP contribution in [0.5, 0.6) is 5.88 Å². The van der Waals surface area contributed by atoms with Gasteiger partial charge in [0.2, 0.25) is 5.88 Å². The monoisotopic (exact) mass is 415 g/mol. The van der Waals surface area contributed by atoms with E-state index >= 15 is 0 Å². The van der Waals surface area contributed by atoms with Crippen molar-refractivity contribution in [3.8, 4) is 17.1 Å². The Hall–Kier alpha value is -3.10. The highest BCUT2D eigenvalue weighted by molar-refractivity contribution is 7.62. The normalized spacial score (nSPS) is 10.3. The van der Waals surface area contributed by atoms with Crippen LogP contribution in [0.1, 0.15) is 15.9 Å². The standard InChI is InChI=1S/C19H14ClN3O4S/c20-16-6-4-13(5-7-16)10-11-27-18-9-8-17(21-22-18)14-2-1-3-15(12-14)19(24)23-28(25)26/h1-9,12H,10-11H2. The topological polar surface area (TPSA) is 98.6 Å². The van der Waals surface area contributed by atoms with E-state index in [1.807, 2.05) is 24.3 Å². The Morgan fingerprint density at radius 2 is 1.82 bits per heavy atom. The van der Waals surface area contributed by atoms with Gasteiger partial charge in [-0.15, -0.1) is 10.2 Å². The van der Waals surface area contributed by atoms with Gasteiger partial charge < -0.3 is 4.74 Å². The van der Waals surface area contributed by atoms with E-state index in [1.165, 1.54) is 12.1 Å². The molecular weight excluding hydrogens is 402 g/mol. The number of hydrogen-bond donors (Lipinski definition) is 0. The molecule has 0 unspecified atom stereocenters. The number of nitrogens with zero attached hydrogens (tertiary/aromatic N) is 3. The summed E-state index contributed by atoms with van der Waals surface area (Å²) in [5.74, 6) is -0.466. The number of hydrogen-bond acceptors (Lipinski definition) is 6. The molecule has 1 amide bonds. The SMILES string of the molecule is O=C(N=S(=O)=O)c1cccc(-c2ccc(OCCc3ccc(Cl)cc3)nn2)c1. The molecule has 3 rings (SSSR count). The summed E-state index contributed by atoms with van der Waals surface area (Å²) in [4.78, 5) is 11.7. The number of halogens is 1. The molecule has 0 N–H and O–H groups in total. The molecule has 0 saturated heterocycles. The van der Waals surface area contributed by atoms with Gasteiger partial charge in [0.25, 0.3) is 5.91 Å². The van der Waals surface area contributed by atoms with Crippen molar-refractivity contribution in [3.63, 3.8) is 0 Å². The fourth-order valence-corrected chi connectivity index (χ4v) is 2.77. The zero-order chi connectivity index (χ0) is 19.9. The van der Waals surface area contributed by atoms with E-state index in [-0.39, 0.29) is 5.56 Å². The minimum Gasteiger partial charge on any atom is -0.476 e. The first-order valence-corrected chi connectivity index (χ1v) is 9.59. The fraction of sp³-hybridized carbons (Fsp3) is 0.105. The Labute approximate surface area is 167 Å². The Kier molecular flexibility index (Phi) is 6.46. The molecule has 0 aliphatic heterocycles. The van der Waals surface area contributed by atoms with Gasteiger partial charge in [-0.05, 0) is 35.9 Å². The maximum atomic E-state index is 11.7. The van der Waals surface area contributed by atoms with Crippen molar-refractivity contribution in [2.45, 2.75) is 6.42 Å². The highest BCUT2D eigenvalue weighted by Gasteiger charge is 2.08. The van der Waals surface area contributed by atoms with Crippen molar-refractivity contribution in [3.05, 3.63) is 76.8 Å². The third-order valence-corrected chi connectivity index (χ3v) is 4.32. The number of amides is 1. The lowest BCUT2D eigenvalue weighted by Crippen LogP contribution is -2.03. The maximum absolute atomic E-state index is 11.7. The largest absolute Gasteiger partial charge is 0.476 e. The second-order valence-corrected chi connectivity index (χ2v) is 6.73. The van der Waals surface area contributed by atoms with E-state index in [2.05, 4.69) is 14.6 Å². The van der Waals surface area contributed by atoms with Crippen molar-refractivity contribution in [1.82, 2.24) is 10.2 Å². The molecule has 1 aromatic heterocycles. The van der Waals surface area contributed by atoms with Gasteiger partial charge in [0.1, 0.15) is 0 Å². The predicted molar refractivity (Wildman–Crippen MR) is 104 cm³/mol. The summed E-state index contributed by atoms with van der Waals surface area (Å²) in [6.45, 7) is 0.438. The zero-order valence-electron chi connectivity index (χ0n) is 14.4. The molecule has 0 fully saturated rings. The van der Waals surface area contributed by atoms with Crippen LogP contribution in [-0.2, 0) is 16.9 Å². The van der Waals surface area contributed by atoms with Crippen molar-refractivity contribution in [1.29, 1.82) is 0 Å². The first kappa shape index (κ1) is 19.7. The molecule has 0 aliphatic rings. The van der Waals surface area contributed by atoms with Gasteiger partial charge in [-0.25, -0.2) is 0 Å². The highest BCUT2D eigenvalue weighted by Crippen LogP contribution is 2.20. The molecule has 1 heterocycles. The lowest BCUT2D eigenvalue weighted by molar-refractivity contribution is 0.100. The van der Waals surface area contributed by atoms with Crippen LogP contribution in [0.25, 0.3) is 11.3 Å². The molecule has 0 spiro atoms. The van der Waals surface area contributed by atoms with Crippen LogP contribution in [0.4, 0.5) is 0 Å². The average Bonchev–Trinajstić information content (AvgIpc) is 2.70. The van der Waals surface area contributed by atoms with Gasteiger partial charge in [0.15, 0.2) is 0 Å². The second kappa shape index (κ2) is 9.20. The number of aromatic nitrogens is 2. The number of rotatable bonds is 6. The molecule has 142 valence electrons. The van der Waals surface area contributed by atoms with Gasteiger partial charge >= 0.3 is 10.5 Å². The molecule has 0 radical (unpaired) electrons. The third-order valence-electron chi connectivity index (χ3n) is 3.76. The van der Waals surface area contributed by atoms with E-state index in [1.54, 1.807) is 24.3 Å². The molecule has 0 atom stereocenters. The van der Waals surface area contributed by atoms with Crippen molar-refractivity contribution in [2.75, 3.05) is 6.61 Å². The van der Waals surface area contributed by atoms with Gasteiger partial charge in [-0.2, -0.15) is 8.42 Å². The molecule has 7 nitrogen and oxygen atoms in total. The van der Waals surface area contributed by atoms with E-state index in [0.29, 0.717) is 35.2 Å². The van der Waals surface area contributed by atoms with Crippen LogP contribution in [0, 0.1) is 0 Å². The Morgan fingerprint density at radius 3 is 2.50 bits per heavy atom. The zero-order valence-corrected chi connectivity index (χ0v) is 16.0. The first-order chi connectivity index (χ1) is 13.5. The summed E-state index contributed by atoms with van der Waals surface area (Å²) in [6.07, 6.45) is 0.704. The summed E-state index contributed by atoms with van der Waals surface area (Å²) in [5, 5.41) is 8.80. The van der Waals surface area contributed by atoms with E-state index in [9.17, 15) is 13.2 Å². The van der Waals surface area contributed by atoms with E-state index in [0.717, 1.165) is 5.56 Å². The summed E-state index contributed by atoms with van der Waals surface area (Å²) in [7, 11) is -2.79.